The summed E-state index contributed by atoms with van der Waals surface area (Å²) in [6, 6.07) is 8.35. The van der Waals surface area contributed by atoms with Gasteiger partial charge in [0.15, 0.2) is 0 Å². The molecule has 0 fully saturated rings. The maximum absolute atomic E-state index is 11.4. The topological polar surface area (TPSA) is 68.2 Å². The van der Waals surface area contributed by atoms with Crippen LogP contribution < -0.4 is 15.4 Å². The zero-order valence-electron chi connectivity index (χ0n) is 14.2. The first kappa shape index (κ1) is 16.5. The van der Waals surface area contributed by atoms with Gasteiger partial charge < -0.3 is 15.4 Å². The first-order chi connectivity index (χ1) is 11.6. The smallest absolute Gasteiger partial charge is 0.224 e. The number of hydrogen-bond acceptors (Lipinski definition) is 4. The van der Waals surface area contributed by atoms with Gasteiger partial charge in [-0.25, -0.2) is 0 Å². The highest BCUT2D eigenvalue weighted by Gasteiger charge is 2.15. The minimum absolute atomic E-state index is 0.0839. The quantitative estimate of drug-likeness (QED) is 0.766. The average molecular weight is 328 g/mol. The number of fused-ring (bicyclic) bond motifs is 1. The Balaban J connectivity index is 1.44. The van der Waals surface area contributed by atoms with E-state index in [0.29, 0.717) is 19.1 Å². The van der Waals surface area contributed by atoms with Gasteiger partial charge in [0.05, 0.1) is 6.04 Å². The predicted molar refractivity (Wildman–Crippen MR) is 93.3 cm³/mol. The number of anilines is 1. The summed E-state index contributed by atoms with van der Waals surface area (Å²) in [5.74, 6) is 0.931. The molecule has 1 aliphatic heterocycles. The summed E-state index contributed by atoms with van der Waals surface area (Å²) in [6.07, 6.45) is 5.09. The molecule has 3 rings (SSSR count). The summed E-state index contributed by atoms with van der Waals surface area (Å²) in [5.41, 5.74) is 2.04. The van der Waals surface area contributed by atoms with Gasteiger partial charge in [-0.15, -0.1) is 0 Å². The molecule has 6 nitrogen and oxygen atoms in total. The summed E-state index contributed by atoms with van der Waals surface area (Å²) < 4.78 is 7.78. The Bertz CT molecular complexity index is 684. The summed E-state index contributed by atoms with van der Waals surface area (Å²) >= 11 is 0. The highest BCUT2D eigenvalue weighted by Crippen LogP contribution is 2.26. The molecule has 0 saturated carbocycles. The fourth-order valence-electron chi connectivity index (χ4n) is 2.83. The zero-order chi connectivity index (χ0) is 16.9. The number of benzene rings is 1. The lowest BCUT2D eigenvalue weighted by molar-refractivity contribution is -0.116. The lowest BCUT2D eigenvalue weighted by atomic mass is 10.0. The molecule has 6 heteroatoms. The lowest BCUT2D eigenvalue weighted by Crippen LogP contribution is -2.36. The van der Waals surface area contributed by atoms with Crippen LogP contribution in [0.5, 0.6) is 5.75 Å². The molecule has 1 aromatic carbocycles. The van der Waals surface area contributed by atoms with Crippen LogP contribution in [0.25, 0.3) is 0 Å². The van der Waals surface area contributed by atoms with Gasteiger partial charge in [0, 0.05) is 37.1 Å². The Morgan fingerprint density at radius 2 is 2.25 bits per heavy atom. The molecule has 2 atom stereocenters. The van der Waals surface area contributed by atoms with Crippen LogP contribution in [-0.2, 0) is 11.2 Å². The predicted octanol–water partition coefficient (Wildman–Crippen LogP) is 2.39. The number of amides is 1. The number of carbonyl (C=O) groups is 1. The molecule has 0 radical (unpaired) electrons. The Kier molecular flexibility index (Phi) is 5.15. The summed E-state index contributed by atoms with van der Waals surface area (Å²) in [7, 11) is 0. The van der Waals surface area contributed by atoms with Crippen molar-refractivity contribution >= 4 is 11.6 Å². The van der Waals surface area contributed by atoms with Crippen molar-refractivity contribution in [2.24, 2.45) is 0 Å². The van der Waals surface area contributed by atoms with Crippen LogP contribution in [0.15, 0.2) is 36.7 Å². The second-order valence-electron chi connectivity index (χ2n) is 6.19. The van der Waals surface area contributed by atoms with E-state index in [4.69, 9.17) is 4.74 Å². The minimum Gasteiger partial charge on any atom is -0.492 e. The van der Waals surface area contributed by atoms with Crippen LogP contribution in [0, 0.1) is 0 Å². The standard InChI is InChI=1S/C18H24N4O2/c1-13(14(2)22-10-3-8-20-22)19-9-11-24-16-5-6-17-15(12-16)4-7-18(23)21-17/h3,5-6,8,10,12-14,19H,4,7,9,11H2,1-2H3,(H,21,23)/t13-,14-/m0/s1. The van der Waals surface area contributed by atoms with Crippen molar-refractivity contribution in [1.82, 2.24) is 15.1 Å². The molecule has 2 N–H and O–H groups in total. The number of nitrogens with zero attached hydrogens (tertiary/aromatic N) is 2. The molecule has 0 spiro atoms. The van der Waals surface area contributed by atoms with E-state index in [1.807, 2.05) is 35.1 Å². The van der Waals surface area contributed by atoms with Crippen molar-refractivity contribution < 1.29 is 9.53 Å². The summed E-state index contributed by atoms with van der Waals surface area (Å²) in [6.45, 7) is 5.65. The highest BCUT2D eigenvalue weighted by molar-refractivity contribution is 5.93. The molecule has 0 bridgehead atoms. The third kappa shape index (κ3) is 3.94. The molecule has 0 unspecified atom stereocenters. The molecule has 0 aliphatic carbocycles. The van der Waals surface area contributed by atoms with E-state index in [9.17, 15) is 4.79 Å². The number of rotatable bonds is 7. The van der Waals surface area contributed by atoms with E-state index >= 15 is 0 Å². The number of carbonyl (C=O) groups excluding carboxylic acids is 1. The van der Waals surface area contributed by atoms with E-state index in [-0.39, 0.29) is 11.9 Å². The van der Waals surface area contributed by atoms with Gasteiger partial charge in [0.25, 0.3) is 0 Å². The van der Waals surface area contributed by atoms with Gasteiger partial charge in [0.1, 0.15) is 12.4 Å². The summed E-state index contributed by atoms with van der Waals surface area (Å²) in [5, 5.41) is 10.6. The lowest BCUT2D eigenvalue weighted by Gasteiger charge is -2.22. The molecule has 1 aliphatic rings. The van der Waals surface area contributed by atoms with Crippen LogP contribution in [0.2, 0.25) is 0 Å². The van der Waals surface area contributed by atoms with Crippen molar-refractivity contribution in [3.8, 4) is 5.75 Å². The number of nitrogens with one attached hydrogen (secondary N) is 2. The third-order valence-corrected chi connectivity index (χ3v) is 4.48. The van der Waals surface area contributed by atoms with Gasteiger partial charge in [0.2, 0.25) is 5.91 Å². The monoisotopic (exact) mass is 328 g/mol. The van der Waals surface area contributed by atoms with Crippen molar-refractivity contribution in [2.45, 2.75) is 38.8 Å². The largest absolute Gasteiger partial charge is 0.492 e. The molecule has 128 valence electrons. The SMILES string of the molecule is C[C@H](NCCOc1ccc2c(c1)CCC(=O)N2)[C@H](C)n1cccn1. The van der Waals surface area contributed by atoms with Gasteiger partial charge in [-0.3, -0.25) is 9.48 Å². The van der Waals surface area contributed by atoms with Crippen LogP contribution in [0.3, 0.4) is 0 Å². The van der Waals surface area contributed by atoms with E-state index < -0.39 is 0 Å². The molecule has 24 heavy (non-hydrogen) atoms. The first-order valence-corrected chi connectivity index (χ1v) is 8.41. The van der Waals surface area contributed by atoms with Gasteiger partial charge in [-0.1, -0.05) is 0 Å². The fourth-order valence-corrected chi connectivity index (χ4v) is 2.83. The minimum atomic E-state index is 0.0839. The number of aryl methyl sites for hydroxylation is 1. The second-order valence-corrected chi connectivity index (χ2v) is 6.19. The average Bonchev–Trinajstić information content (AvgIpc) is 3.12. The van der Waals surface area contributed by atoms with Gasteiger partial charge in [-0.05, 0) is 50.1 Å². The normalized spacial score (nSPS) is 16.2. The van der Waals surface area contributed by atoms with E-state index in [1.165, 1.54) is 0 Å². The van der Waals surface area contributed by atoms with Crippen molar-refractivity contribution in [1.29, 1.82) is 0 Å². The van der Waals surface area contributed by atoms with Gasteiger partial charge >= 0.3 is 0 Å². The maximum Gasteiger partial charge on any atom is 0.224 e. The molecule has 2 heterocycles. The molecule has 2 aromatic rings. The Morgan fingerprint density at radius 3 is 3.04 bits per heavy atom. The van der Waals surface area contributed by atoms with E-state index in [1.54, 1.807) is 6.20 Å². The van der Waals surface area contributed by atoms with Gasteiger partial charge in [-0.2, -0.15) is 5.10 Å². The van der Waals surface area contributed by atoms with E-state index in [0.717, 1.165) is 30.0 Å². The van der Waals surface area contributed by atoms with Crippen LogP contribution in [0.4, 0.5) is 5.69 Å². The Hall–Kier alpha value is -2.34. The van der Waals surface area contributed by atoms with Crippen molar-refractivity contribution in [3.05, 3.63) is 42.2 Å². The highest BCUT2D eigenvalue weighted by atomic mass is 16.5. The number of hydrogen-bond donors (Lipinski definition) is 2. The third-order valence-electron chi connectivity index (χ3n) is 4.48. The first-order valence-electron chi connectivity index (χ1n) is 8.41. The summed E-state index contributed by atoms with van der Waals surface area (Å²) in [4.78, 5) is 11.4. The molecule has 0 saturated heterocycles. The Morgan fingerprint density at radius 1 is 1.38 bits per heavy atom. The van der Waals surface area contributed by atoms with Crippen molar-refractivity contribution in [3.63, 3.8) is 0 Å². The second kappa shape index (κ2) is 7.49. The number of aromatic nitrogens is 2. The molecular weight excluding hydrogens is 304 g/mol. The fraction of sp³-hybridized carbons (Fsp3) is 0.444. The molecule has 1 amide bonds. The number of ether oxygens (including phenoxy) is 1. The van der Waals surface area contributed by atoms with Crippen molar-refractivity contribution in [2.75, 3.05) is 18.5 Å². The van der Waals surface area contributed by atoms with Crippen LogP contribution >= 0.6 is 0 Å². The molecule has 1 aromatic heterocycles. The molecular formula is C18H24N4O2. The van der Waals surface area contributed by atoms with E-state index in [2.05, 4.69) is 29.6 Å². The Labute approximate surface area is 142 Å². The van der Waals surface area contributed by atoms with Crippen LogP contribution in [0.1, 0.15) is 31.9 Å². The maximum atomic E-state index is 11.4. The van der Waals surface area contributed by atoms with Crippen LogP contribution in [-0.4, -0.2) is 34.9 Å². The zero-order valence-corrected chi connectivity index (χ0v) is 14.2.